The number of aliphatic hydroxyl groups is 1. The first kappa shape index (κ1) is 47.4. The number of aliphatic imine (C=N–C) groups is 2. The third-order valence-corrected chi connectivity index (χ3v) is 3.99. The summed E-state index contributed by atoms with van der Waals surface area (Å²) in [5, 5.41) is 45.5. The van der Waals surface area contributed by atoms with Gasteiger partial charge in [-0.25, -0.2) is 6.08 Å². The normalized spacial score (nSPS) is 11.3. The van der Waals surface area contributed by atoms with Gasteiger partial charge in [-0.3, -0.25) is 14.9 Å². The Balaban J connectivity index is -0.000000250. The Hall–Kier alpha value is -2.35. The van der Waals surface area contributed by atoms with E-state index >= 15 is 0 Å². The third-order valence-electron chi connectivity index (χ3n) is 3.99. The largest absolute Gasteiger partial charge is 3.00 e. The Morgan fingerprint density at radius 1 is 1.20 bits per heavy atom. The SMILES string of the molecule is CC(=O)[O-].CO.Cc1cc(C=NCCN(C)C)c([O-])c(CN(C)C/C=C2/C=C[CH-]C=N2)c1.[N-]=C=S.[N-]=C=S.[Ni+3].[Ni+3]. The van der Waals surface area contributed by atoms with E-state index in [9.17, 15) is 5.11 Å². The van der Waals surface area contributed by atoms with Crippen LogP contribution in [0.2, 0.25) is 0 Å². The summed E-state index contributed by atoms with van der Waals surface area (Å²) in [5.74, 6) is -1.02. The molecule has 0 fully saturated rings. The average Bonchev–Trinajstić information content (AvgIpc) is 2.85. The predicted octanol–water partition coefficient (Wildman–Crippen LogP) is 1.89. The minimum atomic E-state index is -1.08. The van der Waals surface area contributed by atoms with Crippen LogP contribution in [-0.2, 0) is 44.3 Å². The fourth-order valence-corrected chi connectivity index (χ4v) is 2.61. The van der Waals surface area contributed by atoms with Crippen molar-refractivity contribution in [1.82, 2.24) is 9.80 Å². The van der Waals surface area contributed by atoms with Gasteiger partial charge in [-0.05, 0) is 51.8 Å². The fraction of sp³-hybridized carbons (Fsp3) is 0.385. The van der Waals surface area contributed by atoms with E-state index in [0.29, 0.717) is 18.7 Å². The molecule has 0 aromatic heterocycles. The molecule has 14 heteroatoms. The van der Waals surface area contributed by atoms with Crippen LogP contribution in [0.5, 0.6) is 5.75 Å². The van der Waals surface area contributed by atoms with Crippen LogP contribution in [0.3, 0.4) is 0 Å². The van der Waals surface area contributed by atoms with Gasteiger partial charge in [-0.1, -0.05) is 60.2 Å². The molecule has 1 N–H and O–H groups in total. The fourth-order valence-electron chi connectivity index (χ4n) is 2.61. The standard InChI is InChI=1S/C21H29N4O.C2H4O2.2CNS.CH4O.2Ni/c1-17-13-18(15-22-10-12-24(2)3)21(26)19(14-17)16-25(4)11-8-20-7-5-6-9-23-20;1-2(3)4;2*2-1-3;1-2;;/h5-9,13-15,26H,10-12,16H2,1-4H3;1H3,(H,3,4);;;2H,1H3;;/q-1;;2*-1;;2*+3/p-2/b20-8-,22-15?;;;;;;. The second-order valence-corrected chi connectivity index (χ2v) is 7.88. The Bertz CT molecular complexity index is 977. The maximum Gasteiger partial charge on any atom is 3.00 e. The van der Waals surface area contributed by atoms with Crippen molar-refractivity contribution in [3.8, 4) is 5.75 Å². The molecule has 0 bridgehead atoms. The number of isothiocyanates is 2. The summed E-state index contributed by atoms with van der Waals surface area (Å²) in [7, 11) is 7.03. The number of benzene rings is 1. The van der Waals surface area contributed by atoms with Crippen molar-refractivity contribution < 1.29 is 53.1 Å². The number of allylic oxidation sites excluding steroid dienone is 2. The van der Waals surface area contributed by atoms with Crippen LogP contribution in [0.4, 0.5) is 0 Å². The second-order valence-electron chi connectivity index (χ2n) is 7.51. The van der Waals surface area contributed by atoms with Crippen molar-refractivity contribution >= 4 is 53.2 Å². The van der Waals surface area contributed by atoms with E-state index in [0.717, 1.165) is 43.9 Å². The van der Waals surface area contributed by atoms with E-state index in [1.807, 2.05) is 58.8 Å². The van der Waals surface area contributed by atoms with Crippen LogP contribution in [0, 0.1) is 13.3 Å². The van der Waals surface area contributed by atoms with Crippen LogP contribution in [0.15, 0.2) is 46.0 Å². The Kier molecular flexibility index (Phi) is 39.0. The molecule has 224 valence electrons. The zero-order valence-electron chi connectivity index (χ0n) is 23.3. The van der Waals surface area contributed by atoms with E-state index in [-0.39, 0.29) is 38.7 Å². The number of aliphatic hydroxyl groups excluding tert-OH is 1. The molecule has 1 aromatic rings. The van der Waals surface area contributed by atoms with Gasteiger partial charge in [0.05, 0.1) is 6.54 Å². The predicted molar refractivity (Wildman–Crippen MR) is 159 cm³/mol. The van der Waals surface area contributed by atoms with Gasteiger partial charge < -0.3 is 35.8 Å². The third kappa shape index (κ3) is 30.2. The number of carboxylic acid groups (broad SMARTS) is 1. The summed E-state index contributed by atoms with van der Waals surface area (Å²) in [4.78, 5) is 21.7. The van der Waals surface area contributed by atoms with Gasteiger partial charge in [0, 0.05) is 38.9 Å². The summed E-state index contributed by atoms with van der Waals surface area (Å²) in [6, 6.07) is 3.88. The molecule has 1 heterocycles. The monoisotopic (exact) mass is 675 g/mol. The van der Waals surface area contributed by atoms with E-state index in [2.05, 4.69) is 50.3 Å². The number of carbonyl (C=O) groups excluding carboxylic acids is 1. The van der Waals surface area contributed by atoms with E-state index in [4.69, 9.17) is 25.8 Å². The van der Waals surface area contributed by atoms with Crippen LogP contribution < -0.4 is 10.2 Å². The molecule has 2 rings (SSSR count). The van der Waals surface area contributed by atoms with E-state index in [1.54, 1.807) is 12.4 Å². The number of thiocarbonyl (C=S) groups is 2. The molecule has 1 aliphatic rings. The van der Waals surface area contributed by atoms with E-state index in [1.165, 1.54) is 10.3 Å². The summed E-state index contributed by atoms with van der Waals surface area (Å²) in [6.45, 7) is 5.88. The number of carboxylic acids is 1. The smallest absolute Gasteiger partial charge is 0.872 e. The minimum absolute atomic E-state index is 0. The van der Waals surface area contributed by atoms with Crippen molar-refractivity contribution in [2.75, 3.05) is 47.9 Å². The maximum absolute atomic E-state index is 12.7. The summed E-state index contributed by atoms with van der Waals surface area (Å²) in [5.41, 5.74) is 3.49. The summed E-state index contributed by atoms with van der Waals surface area (Å²) < 4.78 is 0. The van der Waals surface area contributed by atoms with Gasteiger partial charge in [0.25, 0.3) is 0 Å². The van der Waals surface area contributed by atoms with Crippen LogP contribution in [-0.4, -0.2) is 91.5 Å². The number of dihydropyridines is 1. The second kappa shape index (κ2) is 32.9. The Morgan fingerprint density at radius 3 is 2.17 bits per heavy atom. The summed E-state index contributed by atoms with van der Waals surface area (Å²) in [6.07, 6.45) is 11.4. The molecule has 0 saturated heterocycles. The zero-order chi connectivity index (χ0) is 29.9. The maximum atomic E-state index is 12.7. The van der Waals surface area contributed by atoms with E-state index < -0.39 is 5.97 Å². The van der Waals surface area contributed by atoms with Gasteiger partial charge in [-0.15, -0.1) is 0 Å². The van der Waals surface area contributed by atoms with Crippen molar-refractivity contribution in [2.45, 2.75) is 20.4 Å². The van der Waals surface area contributed by atoms with Crippen LogP contribution in [0.25, 0.3) is 10.8 Å². The molecule has 0 spiro atoms. The molecule has 0 saturated carbocycles. The molecule has 0 amide bonds. The molecule has 10 nitrogen and oxygen atoms in total. The Morgan fingerprint density at radius 2 is 1.73 bits per heavy atom. The molecule has 0 atom stereocenters. The number of hydrogen-bond donors (Lipinski definition) is 1. The first-order chi connectivity index (χ1) is 18.0. The topological polar surface area (TPSA) is 159 Å². The number of hydrogen-bond acceptors (Lipinski definition) is 10. The summed E-state index contributed by atoms with van der Waals surface area (Å²) >= 11 is 7.40. The number of likely N-dealkylation sites (N-methyl/N-ethyl adjacent to an activating group) is 2. The van der Waals surface area contributed by atoms with Gasteiger partial charge in [-0.2, -0.15) is 22.8 Å². The van der Waals surface area contributed by atoms with Crippen molar-refractivity contribution in [2.24, 2.45) is 9.98 Å². The van der Waals surface area contributed by atoms with Crippen LogP contribution in [0.1, 0.15) is 23.6 Å². The number of aliphatic carboxylic acids is 1. The number of aryl methyl sites for hydroxylation is 1. The van der Waals surface area contributed by atoms with Crippen molar-refractivity contribution in [3.05, 3.63) is 70.0 Å². The van der Waals surface area contributed by atoms with Gasteiger partial charge >= 0.3 is 33.0 Å². The molecule has 1 aliphatic heterocycles. The number of nitrogens with zero attached hydrogens (tertiary/aromatic N) is 6. The Labute approximate surface area is 268 Å². The van der Waals surface area contributed by atoms with Gasteiger partial charge in [0.1, 0.15) is 0 Å². The minimum Gasteiger partial charge on any atom is -0.872 e. The van der Waals surface area contributed by atoms with Crippen molar-refractivity contribution in [1.29, 1.82) is 0 Å². The van der Waals surface area contributed by atoms with Gasteiger partial charge in [0.2, 0.25) is 0 Å². The molecule has 0 aliphatic carbocycles. The number of rotatable bonds is 8. The molecule has 40 heavy (non-hydrogen) atoms. The first-order valence-corrected chi connectivity index (χ1v) is 11.9. The molecule has 0 unspecified atom stereocenters. The first-order valence-electron chi connectivity index (χ1n) is 11.0. The molecule has 1 aromatic carbocycles. The van der Waals surface area contributed by atoms with Crippen LogP contribution >= 0.6 is 24.4 Å². The van der Waals surface area contributed by atoms with Crippen molar-refractivity contribution in [3.63, 3.8) is 0 Å². The molecular formula is C26H35N6Ni2O4S2+. The number of carbonyl (C=O) groups is 1. The average molecular weight is 677 g/mol. The van der Waals surface area contributed by atoms with Gasteiger partial charge in [0.15, 0.2) is 0 Å². The zero-order valence-corrected chi connectivity index (χ0v) is 26.9. The molecular weight excluding hydrogens is 642 g/mol. The molecule has 2 radical (unpaired) electrons. The quantitative estimate of drug-likeness (QED) is 0.189.